The molecule has 206 valence electrons. The van der Waals surface area contributed by atoms with E-state index in [4.69, 9.17) is 9.57 Å². The molecule has 2 aromatic rings. The van der Waals surface area contributed by atoms with Crippen LogP contribution < -0.4 is 10.8 Å². The second kappa shape index (κ2) is 10.5. The lowest BCUT2D eigenvalue weighted by molar-refractivity contribution is -0.137. The summed E-state index contributed by atoms with van der Waals surface area (Å²) in [5.41, 5.74) is 1.95. The molecule has 0 saturated carbocycles. The number of alkyl halides is 3. The molecule has 38 heavy (non-hydrogen) atoms. The Kier molecular flexibility index (Phi) is 7.44. The largest absolute Gasteiger partial charge is 0.416 e. The molecule has 3 aliphatic rings. The van der Waals surface area contributed by atoms with Gasteiger partial charge in [0, 0.05) is 44.8 Å². The third-order valence-corrected chi connectivity index (χ3v) is 10.2. The maximum absolute atomic E-state index is 12.8. The number of carbonyl (C=O) groups excluding carboxylic acids is 1. The number of piperidine rings is 1. The Hall–Kier alpha value is -2.65. The van der Waals surface area contributed by atoms with Crippen molar-refractivity contribution in [3.05, 3.63) is 64.9 Å². The fraction of sp³-hybridized carbons (Fsp3) is 0.458. The van der Waals surface area contributed by atoms with E-state index in [0.29, 0.717) is 43.1 Å². The zero-order chi connectivity index (χ0) is 27.0. The zero-order valence-corrected chi connectivity index (χ0v) is 21.9. The Balaban J connectivity index is 1.08. The zero-order valence-electron chi connectivity index (χ0n) is 20.2. The summed E-state index contributed by atoms with van der Waals surface area (Å²) in [6.45, 7) is 2.25. The first-order valence-electron chi connectivity index (χ1n) is 12.1. The molecule has 2 fully saturated rings. The molecule has 2 saturated heterocycles. The van der Waals surface area contributed by atoms with E-state index in [2.05, 4.69) is 15.7 Å². The van der Waals surface area contributed by atoms with E-state index in [1.807, 2.05) is 0 Å². The van der Waals surface area contributed by atoms with Gasteiger partial charge in [-0.2, -0.15) is 17.5 Å². The molecule has 3 aliphatic heterocycles. The van der Waals surface area contributed by atoms with E-state index < -0.39 is 33.5 Å². The van der Waals surface area contributed by atoms with Crippen LogP contribution >= 0.6 is 11.3 Å². The van der Waals surface area contributed by atoms with Gasteiger partial charge in [-0.25, -0.2) is 18.7 Å². The second-order valence-electron chi connectivity index (χ2n) is 9.56. The van der Waals surface area contributed by atoms with E-state index in [0.717, 1.165) is 17.7 Å². The van der Waals surface area contributed by atoms with Gasteiger partial charge in [-0.15, -0.1) is 11.3 Å². The van der Waals surface area contributed by atoms with Crippen LogP contribution in [0.4, 0.5) is 18.0 Å². The van der Waals surface area contributed by atoms with Crippen molar-refractivity contribution in [1.29, 1.82) is 0 Å². The summed E-state index contributed by atoms with van der Waals surface area (Å²) in [5, 5.41) is 4.53. The molecule has 1 amide bonds. The Labute approximate surface area is 222 Å². The number of sulfonamides is 1. The van der Waals surface area contributed by atoms with Crippen LogP contribution in [0.2, 0.25) is 0 Å². The topological polar surface area (TPSA) is 100 Å². The summed E-state index contributed by atoms with van der Waals surface area (Å²) >= 11 is 1.18. The molecule has 1 atom stereocenters. The van der Waals surface area contributed by atoms with Crippen molar-refractivity contribution < 1.29 is 36.0 Å². The minimum Gasteiger partial charge on any atom is -0.392 e. The Morgan fingerprint density at radius 3 is 2.58 bits per heavy atom. The van der Waals surface area contributed by atoms with Gasteiger partial charge in [0.15, 0.2) is 0 Å². The van der Waals surface area contributed by atoms with Crippen LogP contribution in [-0.2, 0) is 32.3 Å². The van der Waals surface area contributed by atoms with Gasteiger partial charge in [0.1, 0.15) is 9.81 Å². The molecule has 9 nitrogen and oxygen atoms in total. The number of hydrogen-bond donors (Lipinski definition) is 2. The molecule has 1 unspecified atom stereocenters. The van der Waals surface area contributed by atoms with Gasteiger partial charge in [0.25, 0.3) is 10.0 Å². The monoisotopic (exact) mass is 572 g/mol. The number of amides is 1. The van der Waals surface area contributed by atoms with Gasteiger partial charge in [0.2, 0.25) is 5.88 Å². The van der Waals surface area contributed by atoms with E-state index >= 15 is 0 Å². The lowest BCUT2D eigenvalue weighted by Gasteiger charge is -2.35. The third kappa shape index (κ3) is 5.99. The van der Waals surface area contributed by atoms with Crippen LogP contribution in [0.3, 0.4) is 0 Å². The first kappa shape index (κ1) is 26.9. The Morgan fingerprint density at radius 1 is 1.18 bits per heavy atom. The van der Waals surface area contributed by atoms with Crippen LogP contribution in [0, 0.1) is 0 Å². The molecule has 14 heteroatoms. The van der Waals surface area contributed by atoms with Crippen LogP contribution in [0.15, 0.2) is 57.9 Å². The van der Waals surface area contributed by atoms with Gasteiger partial charge in [0.05, 0.1) is 5.56 Å². The van der Waals surface area contributed by atoms with E-state index in [1.165, 1.54) is 27.8 Å². The minimum atomic E-state index is -4.36. The summed E-state index contributed by atoms with van der Waals surface area (Å²) in [4.78, 5) is 20.2. The average Bonchev–Trinajstić information content (AvgIpc) is 3.62. The SMILES string of the molecule is O=C(NC1CCN(Cc2ccc(C(F)(F)F)cc2)C1)OC1=CC2(CCN(S(=O)(=O)c3cccs3)CC2)ON1. The van der Waals surface area contributed by atoms with Crippen molar-refractivity contribution in [1.82, 2.24) is 20.0 Å². The van der Waals surface area contributed by atoms with Gasteiger partial charge in [-0.1, -0.05) is 18.2 Å². The van der Waals surface area contributed by atoms with Crippen molar-refractivity contribution >= 4 is 27.5 Å². The summed E-state index contributed by atoms with van der Waals surface area (Å²) in [7, 11) is -3.53. The fourth-order valence-electron chi connectivity index (χ4n) is 4.84. The molecule has 2 N–H and O–H groups in total. The second-order valence-corrected chi connectivity index (χ2v) is 12.7. The number of hydroxylamine groups is 1. The average molecular weight is 573 g/mol. The maximum atomic E-state index is 12.8. The molecule has 1 aromatic heterocycles. The minimum absolute atomic E-state index is 0.150. The molecule has 5 rings (SSSR count). The predicted molar refractivity (Wildman–Crippen MR) is 132 cm³/mol. The third-order valence-electron chi connectivity index (χ3n) is 6.89. The highest BCUT2D eigenvalue weighted by atomic mass is 32.2. The molecule has 0 bridgehead atoms. The van der Waals surface area contributed by atoms with Crippen molar-refractivity contribution in [3.8, 4) is 0 Å². The van der Waals surface area contributed by atoms with Crippen molar-refractivity contribution in [2.75, 3.05) is 26.2 Å². The van der Waals surface area contributed by atoms with Gasteiger partial charge < -0.3 is 10.1 Å². The van der Waals surface area contributed by atoms with Crippen LogP contribution in [0.5, 0.6) is 0 Å². The lowest BCUT2D eigenvalue weighted by Crippen LogP contribution is -2.46. The highest BCUT2D eigenvalue weighted by Crippen LogP contribution is 2.35. The first-order valence-corrected chi connectivity index (χ1v) is 14.4. The summed E-state index contributed by atoms with van der Waals surface area (Å²) in [5.74, 6) is 0.150. The predicted octanol–water partition coefficient (Wildman–Crippen LogP) is 3.67. The number of rotatable bonds is 6. The van der Waals surface area contributed by atoms with Crippen molar-refractivity contribution in [2.24, 2.45) is 0 Å². The van der Waals surface area contributed by atoms with Crippen molar-refractivity contribution in [2.45, 2.75) is 47.8 Å². The number of thiophene rings is 1. The number of alkyl carbamates (subject to hydrolysis) is 1. The summed E-state index contributed by atoms with van der Waals surface area (Å²) in [6.07, 6.45) is -1.85. The number of halogens is 3. The number of ether oxygens (including phenoxy) is 1. The van der Waals surface area contributed by atoms with Crippen LogP contribution in [-0.4, -0.2) is 61.5 Å². The Bertz CT molecular complexity index is 1280. The highest BCUT2D eigenvalue weighted by molar-refractivity contribution is 7.91. The number of nitrogens with zero attached hydrogens (tertiary/aromatic N) is 2. The normalized spacial score (nSPS) is 22.3. The smallest absolute Gasteiger partial charge is 0.392 e. The van der Waals surface area contributed by atoms with Crippen LogP contribution in [0.1, 0.15) is 30.4 Å². The summed E-state index contributed by atoms with van der Waals surface area (Å²) in [6, 6.07) is 8.19. The van der Waals surface area contributed by atoms with Crippen molar-refractivity contribution in [3.63, 3.8) is 0 Å². The number of hydrogen-bond acceptors (Lipinski definition) is 8. The van der Waals surface area contributed by atoms with E-state index in [1.54, 1.807) is 23.6 Å². The molecule has 1 spiro atoms. The molecule has 0 aliphatic carbocycles. The molecular formula is C24H27F3N4O5S2. The Morgan fingerprint density at radius 2 is 1.92 bits per heavy atom. The standard InChI is InChI=1S/C24H27F3N4O5S2/c25-24(26,27)18-5-3-17(4-6-18)15-30-10-7-19(16-30)28-22(32)35-20-14-23(36-29-20)8-11-31(12-9-23)38(33,34)21-2-1-13-37-21/h1-6,13-14,19,29H,7-12,15-16H2,(H,28,32). The molecule has 1 aromatic carbocycles. The number of likely N-dealkylation sites (tertiary alicyclic amines) is 1. The van der Waals surface area contributed by atoms with E-state index in [9.17, 15) is 26.4 Å². The number of benzene rings is 1. The number of carbonyl (C=O) groups is 1. The molecule has 0 radical (unpaired) electrons. The highest BCUT2D eigenvalue weighted by Gasteiger charge is 2.43. The van der Waals surface area contributed by atoms with Gasteiger partial charge in [-0.3, -0.25) is 9.74 Å². The number of nitrogens with one attached hydrogen (secondary N) is 2. The fourth-order valence-corrected chi connectivity index (χ4v) is 7.42. The van der Waals surface area contributed by atoms with Gasteiger partial charge in [-0.05, 0) is 48.4 Å². The first-order chi connectivity index (χ1) is 18.0. The lowest BCUT2D eigenvalue weighted by atomic mass is 9.93. The quantitative estimate of drug-likeness (QED) is 0.545. The maximum Gasteiger partial charge on any atom is 0.416 e. The van der Waals surface area contributed by atoms with Crippen LogP contribution in [0.25, 0.3) is 0 Å². The molecule has 4 heterocycles. The van der Waals surface area contributed by atoms with E-state index in [-0.39, 0.29) is 25.0 Å². The summed E-state index contributed by atoms with van der Waals surface area (Å²) < 4.78 is 70.9. The molecular weight excluding hydrogens is 545 g/mol. The van der Waals surface area contributed by atoms with Gasteiger partial charge >= 0.3 is 12.3 Å².